The number of hydrogen-bond acceptors (Lipinski definition) is 7. The lowest BCUT2D eigenvalue weighted by Crippen LogP contribution is -2.51. The molecular formula is C22H44N4O3. The van der Waals surface area contributed by atoms with Gasteiger partial charge in [0, 0.05) is 78.5 Å². The second-order valence-electron chi connectivity index (χ2n) is 9.33. The Kier molecular flexibility index (Phi) is 9.62. The normalized spacial score (nSPS) is 33.4. The monoisotopic (exact) mass is 412 g/mol. The first-order chi connectivity index (χ1) is 14.0. The molecule has 3 aliphatic heterocycles. The summed E-state index contributed by atoms with van der Waals surface area (Å²) in [7, 11) is 0. The van der Waals surface area contributed by atoms with Crippen LogP contribution in [0.25, 0.3) is 0 Å². The van der Waals surface area contributed by atoms with Crippen LogP contribution < -0.4 is 0 Å². The fourth-order valence-corrected chi connectivity index (χ4v) is 4.94. The van der Waals surface area contributed by atoms with Crippen molar-refractivity contribution in [2.75, 3.05) is 91.8 Å². The summed E-state index contributed by atoms with van der Waals surface area (Å²) in [6.07, 6.45) is 1.38. The summed E-state index contributed by atoms with van der Waals surface area (Å²) in [5.74, 6) is 0. The van der Waals surface area contributed by atoms with Crippen LogP contribution in [0.4, 0.5) is 0 Å². The molecule has 0 aromatic carbocycles. The summed E-state index contributed by atoms with van der Waals surface area (Å²) in [4.78, 5) is 10.4. The van der Waals surface area contributed by atoms with Gasteiger partial charge in [0.25, 0.3) is 0 Å². The van der Waals surface area contributed by atoms with E-state index < -0.39 is 0 Å². The summed E-state index contributed by atoms with van der Waals surface area (Å²) in [6, 6.07) is 0. The van der Waals surface area contributed by atoms with Crippen LogP contribution in [0, 0.1) is 0 Å². The van der Waals surface area contributed by atoms with Crippen LogP contribution in [0.2, 0.25) is 0 Å². The van der Waals surface area contributed by atoms with Gasteiger partial charge in [0.1, 0.15) is 0 Å². The van der Waals surface area contributed by atoms with Gasteiger partial charge >= 0.3 is 0 Å². The zero-order chi connectivity index (χ0) is 20.6. The van der Waals surface area contributed by atoms with E-state index in [-0.39, 0.29) is 0 Å². The van der Waals surface area contributed by atoms with Gasteiger partial charge in [-0.3, -0.25) is 19.6 Å². The van der Waals surface area contributed by atoms with E-state index in [2.05, 4.69) is 47.3 Å². The van der Waals surface area contributed by atoms with E-state index in [4.69, 9.17) is 14.2 Å². The lowest BCUT2D eigenvalue weighted by Gasteiger charge is -2.38. The Labute approximate surface area is 178 Å². The minimum absolute atomic E-state index is 0.344. The minimum Gasteiger partial charge on any atom is -0.379 e. The molecule has 0 aliphatic carbocycles. The van der Waals surface area contributed by atoms with Gasteiger partial charge in [-0.1, -0.05) is 0 Å². The highest BCUT2D eigenvalue weighted by molar-refractivity contribution is 4.77. The maximum absolute atomic E-state index is 5.90. The Morgan fingerprint density at radius 3 is 1.41 bits per heavy atom. The Hall–Kier alpha value is -0.280. The van der Waals surface area contributed by atoms with Gasteiger partial charge in [0.05, 0.1) is 37.6 Å². The standard InChI is InChI=1S/C22H44N4O3/c1-19-15-25(16-20(2)28-19)9-7-23(5-6-24-11-13-27-14-12-24)8-10-26-17-21(3)29-22(4)18-26/h19-22H,5-18H2,1-4H3. The average molecular weight is 413 g/mol. The lowest BCUT2D eigenvalue weighted by molar-refractivity contribution is -0.0729. The number of ether oxygens (including phenoxy) is 3. The highest BCUT2D eigenvalue weighted by Crippen LogP contribution is 2.12. The van der Waals surface area contributed by atoms with E-state index in [1.807, 2.05) is 0 Å². The first kappa shape index (κ1) is 23.4. The third-order valence-corrected chi connectivity index (χ3v) is 6.29. The lowest BCUT2D eigenvalue weighted by atomic mass is 10.2. The molecular weight excluding hydrogens is 368 g/mol. The number of hydrogen-bond donors (Lipinski definition) is 0. The van der Waals surface area contributed by atoms with Crippen molar-refractivity contribution in [1.29, 1.82) is 0 Å². The summed E-state index contributed by atoms with van der Waals surface area (Å²) < 4.78 is 17.3. The van der Waals surface area contributed by atoms with E-state index in [1.165, 1.54) is 0 Å². The molecule has 0 spiro atoms. The van der Waals surface area contributed by atoms with Crippen LogP contribution in [-0.4, -0.2) is 136 Å². The zero-order valence-corrected chi connectivity index (χ0v) is 19.2. The number of morpholine rings is 3. The predicted molar refractivity (Wildman–Crippen MR) is 117 cm³/mol. The highest BCUT2D eigenvalue weighted by atomic mass is 16.5. The van der Waals surface area contributed by atoms with E-state index >= 15 is 0 Å². The van der Waals surface area contributed by atoms with Crippen LogP contribution in [0.15, 0.2) is 0 Å². The average Bonchev–Trinajstić information content (AvgIpc) is 2.67. The molecule has 3 fully saturated rings. The largest absolute Gasteiger partial charge is 0.379 e. The van der Waals surface area contributed by atoms with Gasteiger partial charge in [0.2, 0.25) is 0 Å². The Balaban J connectivity index is 1.46. The summed E-state index contributed by atoms with van der Waals surface area (Å²) >= 11 is 0. The zero-order valence-electron chi connectivity index (χ0n) is 19.2. The summed E-state index contributed by atoms with van der Waals surface area (Å²) in [5, 5.41) is 0. The molecule has 0 saturated carbocycles. The van der Waals surface area contributed by atoms with Gasteiger partial charge in [-0.15, -0.1) is 0 Å². The molecule has 4 atom stereocenters. The van der Waals surface area contributed by atoms with Crippen molar-refractivity contribution in [2.45, 2.75) is 52.1 Å². The Morgan fingerprint density at radius 2 is 1.00 bits per heavy atom. The molecule has 0 aromatic heterocycles. The van der Waals surface area contributed by atoms with Gasteiger partial charge < -0.3 is 14.2 Å². The Bertz CT molecular complexity index is 413. The topological polar surface area (TPSA) is 40.7 Å². The smallest absolute Gasteiger partial charge is 0.0678 e. The molecule has 4 unspecified atom stereocenters. The van der Waals surface area contributed by atoms with E-state index in [0.29, 0.717) is 24.4 Å². The van der Waals surface area contributed by atoms with E-state index in [0.717, 1.165) is 91.8 Å². The van der Waals surface area contributed by atoms with E-state index in [9.17, 15) is 0 Å². The summed E-state index contributed by atoms with van der Waals surface area (Å²) in [6.45, 7) is 23.8. The van der Waals surface area contributed by atoms with Crippen molar-refractivity contribution >= 4 is 0 Å². The molecule has 170 valence electrons. The van der Waals surface area contributed by atoms with E-state index in [1.54, 1.807) is 0 Å². The van der Waals surface area contributed by atoms with Crippen LogP contribution in [-0.2, 0) is 14.2 Å². The highest BCUT2D eigenvalue weighted by Gasteiger charge is 2.24. The quantitative estimate of drug-likeness (QED) is 0.556. The maximum atomic E-state index is 5.90. The minimum atomic E-state index is 0.344. The molecule has 0 N–H and O–H groups in total. The fourth-order valence-electron chi connectivity index (χ4n) is 4.94. The molecule has 7 nitrogen and oxygen atoms in total. The van der Waals surface area contributed by atoms with Gasteiger partial charge in [-0.2, -0.15) is 0 Å². The fraction of sp³-hybridized carbons (Fsp3) is 1.00. The first-order valence-corrected chi connectivity index (χ1v) is 11.8. The molecule has 29 heavy (non-hydrogen) atoms. The molecule has 0 aromatic rings. The van der Waals surface area contributed by atoms with Crippen molar-refractivity contribution < 1.29 is 14.2 Å². The third-order valence-electron chi connectivity index (χ3n) is 6.29. The predicted octanol–water partition coefficient (Wildman–Crippen LogP) is 0.839. The van der Waals surface area contributed by atoms with Crippen molar-refractivity contribution in [2.24, 2.45) is 0 Å². The van der Waals surface area contributed by atoms with Crippen molar-refractivity contribution in [1.82, 2.24) is 19.6 Å². The second-order valence-corrected chi connectivity index (χ2v) is 9.33. The molecule has 3 saturated heterocycles. The SMILES string of the molecule is CC1CN(CCN(CCN2CCOCC2)CCN2CC(C)OC(C)C2)CC(C)O1. The first-order valence-electron chi connectivity index (χ1n) is 11.8. The van der Waals surface area contributed by atoms with Crippen LogP contribution in [0.1, 0.15) is 27.7 Å². The van der Waals surface area contributed by atoms with Crippen LogP contribution in [0.5, 0.6) is 0 Å². The van der Waals surface area contributed by atoms with Crippen LogP contribution in [0.3, 0.4) is 0 Å². The molecule has 3 aliphatic rings. The van der Waals surface area contributed by atoms with Crippen molar-refractivity contribution in [3.8, 4) is 0 Å². The maximum Gasteiger partial charge on any atom is 0.0678 e. The number of nitrogens with zero attached hydrogens (tertiary/aromatic N) is 4. The molecule has 7 heteroatoms. The number of rotatable bonds is 9. The summed E-state index contributed by atoms with van der Waals surface area (Å²) in [5.41, 5.74) is 0. The second kappa shape index (κ2) is 11.9. The molecule has 3 rings (SSSR count). The third kappa shape index (κ3) is 8.40. The molecule has 0 amide bonds. The van der Waals surface area contributed by atoms with Crippen molar-refractivity contribution in [3.63, 3.8) is 0 Å². The molecule has 3 heterocycles. The van der Waals surface area contributed by atoms with Crippen molar-refractivity contribution in [3.05, 3.63) is 0 Å². The molecule has 0 bridgehead atoms. The molecule has 0 radical (unpaired) electrons. The van der Waals surface area contributed by atoms with Gasteiger partial charge in [-0.25, -0.2) is 0 Å². The Morgan fingerprint density at radius 1 is 0.621 bits per heavy atom. The van der Waals surface area contributed by atoms with Gasteiger partial charge in [0.15, 0.2) is 0 Å². The van der Waals surface area contributed by atoms with Gasteiger partial charge in [-0.05, 0) is 27.7 Å². The van der Waals surface area contributed by atoms with Crippen LogP contribution >= 0.6 is 0 Å².